The van der Waals surface area contributed by atoms with Gasteiger partial charge in [0, 0.05) is 6.54 Å². The van der Waals surface area contributed by atoms with Gasteiger partial charge in [0.15, 0.2) is 0 Å². The van der Waals surface area contributed by atoms with Crippen LogP contribution in [0.3, 0.4) is 0 Å². The monoisotopic (exact) mass is 326 g/mol. The molecule has 104 valence electrons. The van der Waals surface area contributed by atoms with Gasteiger partial charge in [0.1, 0.15) is 4.60 Å². The maximum Gasteiger partial charge on any atom is 0.309 e. The number of nitrogens with zero attached hydrogens (tertiary/aromatic N) is 2. The Morgan fingerprint density at radius 3 is 2.84 bits per heavy atom. The third-order valence-electron chi connectivity index (χ3n) is 3.37. The first-order valence-electron chi connectivity index (χ1n) is 6.69. The molecule has 0 bridgehead atoms. The number of likely N-dealkylation sites (tertiary alicyclic amines) is 1. The predicted octanol–water partition coefficient (Wildman–Crippen LogP) is 2.62. The standard InChI is InChI=1S/C14H19BrN2O2/c1-2-19-14(18)11-6-8-17(9-7-11)10-12-4-3-5-13(15)16-12/h3-5,11H,2,6-10H2,1H3. The SMILES string of the molecule is CCOC(=O)C1CCN(Cc2cccc(Br)n2)CC1. The van der Waals surface area contributed by atoms with Gasteiger partial charge < -0.3 is 4.74 Å². The second-order valence-corrected chi connectivity index (χ2v) is 5.57. The lowest BCUT2D eigenvalue weighted by atomic mass is 9.97. The summed E-state index contributed by atoms with van der Waals surface area (Å²) in [7, 11) is 0. The summed E-state index contributed by atoms with van der Waals surface area (Å²) in [5.74, 6) is 0.0365. The maximum atomic E-state index is 11.6. The molecule has 2 heterocycles. The normalized spacial score (nSPS) is 17.4. The molecule has 4 nitrogen and oxygen atoms in total. The molecule has 5 heteroatoms. The summed E-state index contributed by atoms with van der Waals surface area (Å²) in [6.07, 6.45) is 1.76. The minimum atomic E-state index is -0.0391. The first kappa shape index (κ1) is 14.5. The van der Waals surface area contributed by atoms with Gasteiger partial charge in [-0.05, 0) is 60.9 Å². The lowest BCUT2D eigenvalue weighted by Crippen LogP contribution is -2.36. The molecule has 0 atom stereocenters. The fourth-order valence-electron chi connectivity index (χ4n) is 2.35. The summed E-state index contributed by atoms with van der Waals surface area (Å²) >= 11 is 3.38. The van der Waals surface area contributed by atoms with E-state index < -0.39 is 0 Å². The van der Waals surface area contributed by atoms with E-state index in [2.05, 4.69) is 25.8 Å². The van der Waals surface area contributed by atoms with Crippen molar-refractivity contribution in [1.29, 1.82) is 0 Å². The van der Waals surface area contributed by atoms with Crippen molar-refractivity contribution in [1.82, 2.24) is 9.88 Å². The van der Waals surface area contributed by atoms with Gasteiger partial charge in [0.25, 0.3) is 0 Å². The first-order valence-corrected chi connectivity index (χ1v) is 7.48. The second kappa shape index (κ2) is 7.01. The zero-order valence-electron chi connectivity index (χ0n) is 11.1. The minimum Gasteiger partial charge on any atom is -0.466 e. The van der Waals surface area contributed by atoms with Gasteiger partial charge in [0.05, 0.1) is 18.2 Å². The van der Waals surface area contributed by atoms with Crippen molar-refractivity contribution >= 4 is 21.9 Å². The number of rotatable bonds is 4. The Morgan fingerprint density at radius 1 is 1.47 bits per heavy atom. The van der Waals surface area contributed by atoms with Crippen molar-refractivity contribution < 1.29 is 9.53 Å². The van der Waals surface area contributed by atoms with E-state index in [0.717, 1.165) is 42.8 Å². The average Bonchev–Trinajstić information content (AvgIpc) is 2.40. The highest BCUT2D eigenvalue weighted by Gasteiger charge is 2.25. The quantitative estimate of drug-likeness (QED) is 0.630. The Hall–Kier alpha value is -0.940. The topological polar surface area (TPSA) is 42.4 Å². The molecular formula is C14H19BrN2O2. The van der Waals surface area contributed by atoms with Gasteiger partial charge in [-0.3, -0.25) is 9.69 Å². The fourth-order valence-corrected chi connectivity index (χ4v) is 2.73. The highest BCUT2D eigenvalue weighted by Crippen LogP contribution is 2.20. The zero-order valence-corrected chi connectivity index (χ0v) is 12.7. The minimum absolute atomic E-state index is 0.0391. The maximum absolute atomic E-state index is 11.6. The molecule has 1 aromatic heterocycles. The molecule has 0 unspecified atom stereocenters. The molecule has 0 saturated carbocycles. The molecular weight excluding hydrogens is 308 g/mol. The second-order valence-electron chi connectivity index (χ2n) is 4.75. The van der Waals surface area contributed by atoms with Gasteiger partial charge in [-0.25, -0.2) is 4.98 Å². The summed E-state index contributed by atoms with van der Waals surface area (Å²) in [4.78, 5) is 18.4. The molecule has 2 rings (SSSR count). The molecule has 1 aromatic rings. The smallest absolute Gasteiger partial charge is 0.309 e. The predicted molar refractivity (Wildman–Crippen MR) is 76.6 cm³/mol. The molecule has 1 fully saturated rings. The summed E-state index contributed by atoms with van der Waals surface area (Å²) < 4.78 is 5.94. The van der Waals surface area contributed by atoms with Gasteiger partial charge in [-0.15, -0.1) is 0 Å². The number of aromatic nitrogens is 1. The number of esters is 1. The summed E-state index contributed by atoms with van der Waals surface area (Å²) in [6, 6.07) is 5.95. The van der Waals surface area contributed by atoms with Crippen LogP contribution < -0.4 is 0 Å². The first-order chi connectivity index (χ1) is 9.19. The molecule has 1 aliphatic heterocycles. The van der Waals surface area contributed by atoms with Gasteiger partial charge in [-0.2, -0.15) is 0 Å². The van der Waals surface area contributed by atoms with E-state index in [-0.39, 0.29) is 11.9 Å². The largest absolute Gasteiger partial charge is 0.466 e. The van der Waals surface area contributed by atoms with Crippen LogP contribution in [0.4, 0.5) is 0 Å². The Labute approximate surface area is 122 Å². The summed E-state index contributed by atoms with van der Waals surface area (Å²) in [5, 5.41) is 0. The zero-order chi connectivity index (χ0) is 13.7. The van der Waals surface area contributed by atoms with Crippen molar-refractivity contribution in [2.24, 2.45) is 5.92 Å². The average molecular weight is 327 g/mol. The van der Waals surface area contributed by atoms with Crippen LogP contribution in [0.5, 0.6) is 0 Å². The van der Waals surface area contributed by atoms with E-state index in [1.807, 2.05) is 25.1 Å². The van der Waals surface area contributed by atoms with Crippen molar-refractivity contribution in [3.63, 3.8) is 0 Å². The fraction of sp³-hybridized carbons (Fsp3) is 0.571. The number of halogens is 1. The Morgan fingerprint density at radius 2 is 2.21 bits per heavy atom. The number of carbonyl (C=O) groups is 1. The van der Waals surface area contributed by atoms with Crippen LogP contribution in [0.15, 0.2) is 22.8 Å². The number of carbonyl (C=O) groups excluding carboxylic acids is 1. The van der Waals surface area contributed by atoms with Crippen molar-refractivity contribution in [3.05, 3.63) is 28.5 Å². The van der Waals surface area contributed by atoms with E-state index >= 15 is 0 Å². The molecule has 1 saturated heterocycles. The molecule has 0 aromatic carbocycles. The van der Waals surface area contributed by atoms with E-state index in [1.54, 1.807) is 0 Å². The van der Waals surface area contributed by atoms with Crippen LogP contribution in [0.2, 0.25) is 0 Å². The van der Waals surface area contributed by atoms with Crippen LogP contribution in [-0.2, 0) is 16.1 Å². The van der Waals surface area contributed by atoms with E-state index in [0.29, 0.717) is 6.61 Å². The van der Waals surface area contributed by atoms with Crippen LogP contribution >= 0.6 is 15.9 Å². The molecule has 0 amide bonds. The third kappa shape index (κ3) is 4.28. The van der Waals surface area contributed by atoms with Gasteiger partial charge in [0.2, 0.25) is 0 Å². The Balaban J connectivity index is 1.82. The number of ether oxygens (including phenoxy) is 1. The van der Waals surface area contributed by atoms with E-state index in [1.165, 1.54) is 0 Å². The lowest BCUT2D eigenvalue weighted by Gasteiger charge is -2.30. The molecule has 0 radical (unpaired) electrons. The van der Waals surface area contributed by atoms with Crippen LogP contribution in [-0.4, -0.2) is 35.5 Å². The lowest BCUT2D eigenvalue weighted by molar-refractivity contribution is -0.149. The molecule has 19 heavy (non-hydrogen) atoms. The summed E-state index contributed by atoms with van der Waals surface area (Å²) in [5.41, 5.74) is 1.06. The molecule has 0 N–H and O–H groups in total. The number of hydrogen-bond donors (Lipinski definition) is 0. The van der Waals surface area contributed by atoms with Crippen molar-refractivity contribution in [2.75, 3.05) is 19.7 Å². The van der Waals surface area contributed by atoms with Crippen LogP contribution in [0.25, 0.3) is 0 Å². The third-order valence-corrected chi connectivity index (χ3v) is 3.81. The van der Waals surface area contributed by atoms with Crippen molar-refractivity contribution in [3.8, 4) is 0 Å². The van der Waals surface area contributed by atoms with E-state index in [9.17, 15) is 4.79 Å². The van der Waals surface area contributed by atoms with Crippen molar-refractivity contribution in [2.45, 2.75) is 26.3 Å². The Kier molecular flexibility index (Phi) is 5.34. The van der Waals surface area contributed by atoms with Crippen LogP contribution in [0, 0.1) is 5.92 Å². The molecule has 0 aliphatic carbocycles. The van der Waals surface area contributed by atoms with Crippen LogP contribution in [0.1, 0.15) is 25.5 Å². The van der Waals surface area contributed by atoms with E-state index in [4.69, 9.17) is 4.74 Å². The number of hydrogen-bond acceptors (Lipinski definition) is 4. The summed E-state index contributed by atoms with van der Waals surface area (Å²) in [6.45, 7) is 5.03. The van der Waals surface area contributed by atoms with Gasteiger partial charge in [-0.1, -0.05) is 6.07 Å². The highest BCUT2D eigenvalue weighted by molar-refractivity contribution is 9.10. The number of pyridine rings is 1. The molecule has 1 aliphatic rings. The number of piperidine rings is 1. The highest BCUT2D eigenvalue weighted by atomic mass is 79.9. The van der Waals surface area contributed by atoms with Gasteiger partial charge >= 0.3 is 5.97 Å². The molecule has 0 spiro atoms. The Bertz CT molecular complexity index is 431.